The van der Waals surface area contributed by atoms with Crippen molar-refractivity contribution in [2.75, 3.05) is 13.2 Å². The molecule has 0 aromatic heterocycles. The Morgan fingerprint density at radius 2 is 0.627 bits per heavy atom. The number of nitrogens with one attached hydrogen (secondary N) is 1. The number of unbranched alkanes of at least 4 members (excludes halogenated alkanes) is 52. The number of allylic oxidation sites excluding steroid dienone is 2. The molecule has 0 rings (SSSR count). The Bertz CT molecular complexity index is 1130. The molecule has 6 nitrogen and oxygen atoms in total. The molecular formula is C69H135NO5. The van der Waals surface area contributed by atoms with Gasteiger partial charge in [0.25, 0.3) is 0 Å². The molecule has 0 aromatic carbocycles. The Morgan fingerprint density at radius 3 is 0.973 bits per heavy atom. The van der Waals surface area contributed by atoms with Crippen LogP contribution in [0.25, 0.3) is 0 Å². The smallest absolute Gasteiger partial charge is 0.305 e. The number of aliphatic hydroxyl groups excluding tert-OH is 2. The summed E-state index contributed by atoms with van der Waals surface area (Å²) < 4.78 is 5.47. The van der Waals surface area contributed by atoms with Gasteiger partial charge in [0.15, 0.2) is 0 Å². The second-order valence-electron chi connectivity index (χ2n) is 23.9. The van der Waals surface area contributed by atoms with Crippen molar-refractivity contribution in [3.05, 3.63) is 12.2 Å². The average Bonchev–Trinajstić information content (AvgIpc) is 3.41. The Labute approximate surface area is 469 Å². The lowest BCUT2D eigenvalue weighted by atomic mass is 10.0. The average molecular weight is 1060 g/mol. The molecule has 1 amide bonds. The van der Waals surface area contributed by atoms with E-state index in [0.717, 1.165) is 44.9 Å². The highest BCUT2D eigenvalue weighted by Crippen LogP contribution is 2.19. The highest BCUT2D eigenvalue weighted by Gasteiger charge is 2.20. The van der Waals surface area contributed by atoms with E-state index in [2.05, 4.69) is 31.3 Å². The molecule has 6 heteroatoms. The number of ether oxygens (including phenoxy) is 1. The van der Waals surface area contributed by atoms with E-state index < -0.39 is 12.1 Å². The zero-order valence-corrected chi connectivity index (χ0v) is 51.1. The highest BCUT2D eigenvalue weighted by molar-refractivity contribution is 5.76. The zero-order valence-electron chi connectivity index (χ0n) is 51.1. The third-order valence-electron chi connectivity index (χ3n) is 16.3. The molecule has 0 spiro atoms. The summed E-state index contributed by atoms with van der Waals surface area (Å²) in [7, 11) is 0. The van der Waals surface area contributed by atoms with Gasteiger partial charge in [0, 0.05) is 12.8 Å². The van der Waals surface area contributed by atoms with Gasteiger partial charge >= 0.3 is 5.97 Å². The van der Waals surface area contributed by atoms with Crippen LogP contribution >= 0.6 is 0 Å². The molecule has 2 atom stereocenters. The topological polar surface area (TPSA) is 95.9 Å². The molecule has 0 saturated carbocycles. The Balaban J connectivity index is 3.36. The monoisotopic (exact) mass is 1060 g/mol. The maximum Gasteiger partial charge on any atom is 0.305 e. The summed E-state index contributed by atoms with van der Waals surface area (Å²) in [5.41, 5.74) is 0. The fraction of sp³-hybridized carbons (Fsp3) is 0.942. The molecule has 75 heavy (non-hydrogen) atoms. The van der Waals surface area contributed by atoms with Crippen molar-refractivity contribution >= 4 is 11.9 Å². The number of esters is 1. The molecule has 2 unspecified atom stereocenters. The number of carbonyl (C=O) groups is 2. The van der Waals surface area contributed by atoms with Crippen LogP contribution in [0.4, 0.5) is 0 Å². The first-order valence-electron chi connectivity index (χ1n) is 34.4. The second-order valence-corrected chi connectivity index (χ2v) is 23.9. The van der Waals surface area contributed by atoms with Gasteiger partial charge < -0.3 is 20.3 Å². The van der Waals surface area contributed by atoms with Crippen molar-refractivity contribution in [3.8, 4) is 0 Å². The second kappa shape index (κ2) is 65.1. The largest absolute Gasteiger partial charge is 0.466 e. The van der Waals surface area contributed by atoms with Crippen LogP contribution in [0, 0.1) is 0 Å². The minimum atomic E-state index is -0.663. The molecule has 0 saturated heterocycles. The summed E-state index contributed by atoms with van der Waals surface area (Å²) in [5.74, 6) is -0.0213. The fourth-order valence-electron chi connectivity index (χ4n) is 11.1. The van der Waals surface area contributed by atoms with Gasteiger partial charge in [-0.3, -0.25) is 9.59 Å². The SMILES string of the molecule is CCCCC/C=C\CCCCCCCC(=O)OCCCCCCCCCCCCCCCCCCCCCCCCCCCC(=O)NC(CO)C(O)CCCCCCCCCCCCCCCCCCCCCCC. The van der Waals surface area contributed by atoms with Crippen LogP contribution in [0.5, 0.6) is 0 Å². The van der Waals surface area contributed by atoms with Gasteiger partial charge in [-0.2, -0.15) is 0 Å². The molecule has 0 bridgehead atoms. The minimum Gasteiger partial charge on any atom is -0.466 e. The number of hydrogen-bond acceptors (Lipinski definition) is 5. The molecule has 0 heterocycles. The van der Waals surface area contributed by atoms with Gasteiger partial charge in [0.05, 0.1) is 25.4 Å². The van der Waals surface area contributed by atoms with E-state index in [1.165, 1.54) is 315 Å². The maximum absolute atomic E-state index is 12.5. The van der Waals surface area contributed by atoms with E-state index >= 15 is 0 Å². The normalized spacial score (nSPS) is 12.5. The molecule has 0 aliphatic heterocycles. The fourth-order valence-corrected chi connectivity index (χ4v) is 11.1. The van der Waals surface area contributed by atoms with Crippen LogP contribution < -0.4 is 5.32 Å². The number of rotatable bonds is 65. The number of carbonyl (C=O) groups excluding carboxylic acids is 2. The zero-order chi connectivity index (χ0) is 54.3. The quantitative estimate of drug-likeness (QED) is 0.0320. The summed E-state index contributed by atoms with van der Waals surface area (Å²) >= 11 is 0. The van der Waals surface area contributed by atoms with E-state index in [-0.39, 0.29) is 18.5 Å². The van der Waals surface area contributed by atoms with E-state index in [4.69, 9.17) is 4.74 Å². The standard InChI is InChI=1S/C69H135NO5/c1-3-5-7-9-11-13-15-17-18-19-20-26-29-32-35-38-41-45-49-53-57-61-67(72)66(65-71)70-68(73)62-58-54-50-46-42-39-36-33-30-27-24-22-21-23-25-28-31-34-37-40-44-48-52-56-60-64-75-69(74)63-59-55-51-47-43-16-14-12-10-8-6-4-2/h12,14,66-67,71-72H,3-11,13,15-65H2,1-2H3,(H,70,73)/b14-12-. The maximum atomic E-state index is 12.5. The summed E-state index contributed by atoms with van der Waals surface area (Å²) in [6.45, 7) is 4.97. The number of hydrogen-bond donors (Lipinski definition) is 3. The van der Waals surface area contributed by atoms with Gasteiger partial charge in [-0.1, -0.05) is 341 Å². The van der Waals surface area contributed by atoms with Gasteiger partial charge in [-0.05, 0) is 51.4 Å². The molecule has 0 aliphatic carbocycles. The van der Waals surface area contributed by atoms with Crippen LogP contribution in [0.1, 0.15) is 393 Å². The summed E-state index contributed by atoms with van der Waals surface area (Å²) in [6.07, 6.45) is 79.6. The third-order valence-corrected chi connectivity index (χ3v) is 16.3. The van der Waals surface area contributed by atoms with E-state index in [1.807, 2.05) is 0 Å². The number of aliphatic hydroxyl groups is 2. The summed E-state index contributed by atoms with van der Waals surface area (Å²) in [5, 5.41) is 23.4. The first-order valence-corrected chi connectivity index (χ1v) is 34.4. The van der Waals surface area contributed by atoms with E-state index in [0.29, 0.717) is 25.9 Å². The van der Waals surface area contributed by atoms with Crippen molar-refractivity contribution in [1.82, 2.24) is 5.32 Å². The van der Waals surface area contributed by atoms with Crippen molar-refractivity contribution in [2.45, 2.75) is 405 Å². The molecule has 0 fully saturated rings. The molecule has 0 aromatic rings. The predicted octanol–water partition coefficient (Wildman–Crippen LogP) is 22.0. The summed E-state index contributed by atoms with van der Waals surface area (Å²) in [4.78, 5) is 24.6. The van der Waals surface area contributed by atoms with Crippen LogP contribution in [0.3, 0.4) is 0 Å². The van der Waals surface area contributed by atoms with Crippen molar-refractivity contribution in [1.29, 1.82) is 0 Å². The first kappa shape index (κ1) is 73.6. The van der Waals surface area contributed by atoms with Crippen molar-refractivity contribution in [2.24, 2.45) is 0 Å². The lowest BCUT2D eigenvalue weighted by Crippen LogP contribution is -2.45. The summed E-state index contributed by atoms with van der Waals surface area (Å²) in [6, 6.07) is -0.540. The minimum absolute atomic E-state index is 0.00725. The lowest BCUT2D eigenvalue weighted by molar-refractivity contribution is -0.143. The first-order chi connectivity index (χ1) is 37.0. The molecule has 0 radical (unpaired) electrons. The van der Waals surface area contributed by atoms with Gasteiger partial charge in [-0.15, -0.1) is 0 Å². The van der Waals surface area contributed by atoms with Crippen molar-refractivity contribution < 1.29 is 24.5 Å². The highest BCUT2D eigenvalue weighted by atomic mass is 16.5. The number of amides is 1. The molecule has 0 aliphatic rings. The van der Waals surface area contributed by atoms with Gasteiger partial charge in [0.1, 0.15) is 0 Å². The van der Waals surface area contributed by atoms with Crippen LogP contribution in [-0.2, 0) is 14.3 Å². The lowest BCUT2D eigenvalue weighted by Gasteiger charge is -2.22. The third kappa shape index (κ3) is 61.7. The van der Waals surface area contributed by atoms with Crippen LogP contribution in [-0.4, -0.2) is 47.4 Å². The Kier molecular flexibility index (Phi) is 63.9. The van der Waals surface area contributed by atoms with Gasteiger partial charge in [0.2, 0.25) is 5.91 Å². The van der Waals surface area contributed by atoms with E-state index in [9.17, 15) is 19.8 Å². The predicted molar refractivity (Wildman–Crippen MR) is 329 cm³/mol. The van der Waals surface area contributed by atoms with E-state index in [1.54, 1.807) is 0 Å². The van der Waals surface area contributed by atoms with Crippen molar-refractivity contribution in [3.63, 3.8) is 0 Å². The molecule has 3 N–H and O–H groups in total. The van der Waals surface area contributed by atoms with Crippen LogP contribution in [0.2, 0.25) is 0 Å². The van der Waals surface area contributed by atoms with Crippen LogP contribution in [0.15, 0.2) is 12.2 Å². The Hall–Kier alpha value is -1.40. The van der Waals surface area contributed by atoms with Gasteiger partial charge in [-0.25, -0.2) is 0 Å². The molecular weight excluding hydrogens is 923 g/mol. The molecule has 446 valence electrons. The Morgan fingerprint density at radius 1 is 0.360 bits per heavy atom.